The van der Waals surface area contributed by atoms with Crippen molar-refractivity contribution >= 4 is 44.0 Å². The Kier molecular flexibility index (Phi) is 9.38. The molecule has 1 amide bonds. The Bertz CT molecular complexity index is 2180. The third-order valence-electron chi connectivity index (χ3n) is 11.6. The molecule has 8 rings (SSSR count). The summed E-state index contributed by atoms with van der Waals surface area (Å²) in [5.74, 6) is 0.120. The molecule has 4 aromatic rings. The van der Waals surface area contributed by atoms with Gasteiger partial charge in [0.05, 0.1) is 51.1 Å². The summed E-state index contributed by atoms with van der Waals surface area (Å²) in [6, 6.07) is 11.7. The Labute approximate surface area is 309 Å². The Hall–Kier alpha value is -3.84. The van der Waals surface area contributed by atoms with Gasteiger partial charge in [0.25, 0.3) is 5.91 Å². The van der Waals surface area contributed by atoms with Crippen molar-refractivity contribution in [1.82, 2.24) is 19.7 Å². The van der Waals surface area contributed by atoms with Gasteiger partial charge < -0.3 is 19.5 Å². The summed E-state index contributed by atoms with van der Waals surface area (Å²) >= 11 is 6.47. The Morgan fingerprint density at radius 3 is 2.83 bits per heavy atom. The predicted octanol–water partition coefficient (Wildman–Crippen LogP) is 5.91. The van der Waals surface area contributed by atoms with Gasteiger partial charge in [0.2, 0.25) is 0 Å². The van der Waals surface area contributed by atoms with Crippen LogP contribution in [0.4, 0.5) is 5.69 Å². The molecular formula is C39H45ClN6O5S. The van der Waals surface area contributed by atoms with Crippen LogP contribution in [0.25, 0.3) is 11.0 Å². The van der Waals surface area contributed by atoms with Gasteiger partial charge in [-0.15, -0.1) is 0 Å². The normalized spacial score (nSPS) is 31.1. The van der Waals surface area contributed by atoms with Gasteiger partial charge in [-0.1, -0.05) is 36.7 Å². The van der Waals surface area contributed by atoms with Crippen LogP contribution in [0.3, 0.4) is 0 Å². The van der Waals surface area contributed by atoms with Crippen molar-refractivity contribution in [1.29, 1.82) is 0 Å². The molecule has 2 aliphatic heterocycles. The van der Waals surface area contributed by atoms with Crippen LogP contribution < -0.4 is 9.64 Å². The highest BCUT2D eigenvalue weighted by Crippen LogP contribution is 2.47. The van der Waals surface area contributed by atoms with Crippen LogP contribution in [0.2, 0.25) is 5.02 Å². The molecule has 1 fully saturated rings. The molecule has 2 aromatic carbocycles. The zero-order valence-corrected chi connectivity index (χ0v) is 31.4. The van der Waals surface area contributed by atoms with Crippen LogP contribution in [0, 0.1) is 17.8 Å². The Morgan fingerprint density at radius 1 is 1.15 bits per heavy atom. The number of halogens is 1. The van der Waals surface area contributed by atoms with Crippen molar-refractivity contribution in [3.8, 4) is 5.75 Å². The Balaban J connectivity index is 1.24. The number of aliphatic hydroxyl groups is 1. The fourth-order valence-electron chi connectivity index (χ4n) is 8.76. The van der Waals surface area contributed by atoms with Gasteiger partial charge in [0, 0.05) is 55.2 Å². The number of hydrogen-bond donors (Lipinski definition) is 1. The van der Waals surface area contributed by atoms with Crippen LogP contribution in [0.5, 0.6) is 5.75 Å². The lowest BCUT2D eigenvalue weighted by Gasteiger charge is -2.46. The van der Waals surface area contributed by atoms with E-state index in [1.165, 1.54) is 17.5 Å². The largest absolute Gasteiger partial charge is 0.490 e. The van der Waals surface area contributed by atoms with Crippen molar-refractivity contribution in [2.75, 3.05) is 37.5 Å². The van der Waals surface area contributed by atoms with Gasteiger partial charge in [-0.3, -0.25) is 9.48 Å². The first-order valence-corrected chi connectivity index (χ1v) is 20.4. The standard InChI is InChI=1S/C39H45ClN6O5S/c1-24-19-52(49,20-32-30-18-45(2)43-37(30)42-23-41-32)44-38(48)26-7-12-36-33(16-26)46(17-27-6-9-29(27)35(50-3)13-11-34(24)47)21-39(22-51-36)14-4-5-25-15-28(40)8-10-31(25)39/h7-8,10-13,15-16,18,23-24,27,29,34-35,47H,4-6,9,14,17,19-22H2,1-3H3/b13-11+/t24-,27+,29-,34+,35+,39+,52-/m1/s1. The van der Waals surface area contributed by atoms with E-state index in [9.17, 15) is 14.1 Å². The minimum absolute atomic E-state index is 0.0220. The molecule has 2 aliphatic carbocycles. The number of aliphatic hydroxyl groups excluding tert-OH is 1. The van der Waals surface area contributed by atoms with E-state index in [2.05, 4.69) is 36.5 Å². The molecule has 11 nitrogen and oxygen atoms in total. The molecule has 2 aromatic heterocycles. The summed E-state index contributed by atoms with van der Waals surface area (Å²) in [7, 11) is 0.208. The highest BCUT2D eigenvalue weighted by Gasteiger charge is 2.44. The number of nitrogens with zero attached hydrogens (tertiary/aromatic N) is 6. The molecule has 1 saturated carbocycles. The molecule has 4 heterocycles. The molecule has 52 heavy (non-hydrogen) atoms. The van der Waals surface area contributed by atoms with Gasteiger partial charge in [-0.2, -0.15) is 9.46 Å². The number of rotatable bonds is 3. The second-order valence-corrected chi connectivity index (χ2v) is 18.0. The van der Waals surface area contributed by atoms with E-state index >= 15 is 0 Å². The zero-order valence-electron chi connectivity index (χ0n) is 29.8. The summed E-state index contributed by atoms with van der Waals surface area (Å²) in [6.07, 6.45) is 10.8. The lowest BCUT2D eigenvalue weighted by Crippen LogP contribution is -2.49. The number of hydrogen-bond acceptors (Lipinski definition) is 9. The molecule has 1 spiro atoms. The maximum absolute atomic E-state index is 14.9. The van der Waals surface area contributed by atoms with E-state index in [0.717, 1.165) is 49.4 Å². The van der Waals surface area contributed by atoms with E-state index in [1.54, 1.807) is 37.2 Å². The van der Waals surface area contributed by atoms with Gasteiger partial charge in [0.1, 0.15) is 12.1 Å². The average Bonchev–Trinajstić information content (AvgIpc) is 3.43. The van der Waals surface area contributed by atoms with Crippen LogP contribution in [0.15, 0.2) is 65.4 Å². The molecule has 2 bridgehead atoms. The van der Waals surface area contributed by atoms with Crippen molar-refractivity contribution in [3.63, 3.8) is 0 Å². The predicted molar refractivity (Wildman–Crippen MR) is 201 cm³/mol. The van der Waals surface area contributed by atoms with Crippen molar-refractivity contribution in [2.45, 2.75) is 62.4 Å². The minimum atomic E-state index is -3.29. The second-order valence-electron chi connectivity index (χ2n) is 15.2. The van der Waals surface area contributed by atoms with Gasteiger partial charge in [-0.25, -0.2) is 14.2 Å². The van der Waals surface area contributed by atoms with Crippen LogP contribution in [0.1, 0.15) is 59.8 Å². The van der Waals surface area contributed by atoms with Crippen molar-refractivity contribution in [3.05, 3.63) is 88.5 Å². The van der Waals surface area contributed by atoms with E-state index < -0.39 is 27.7 Å². The molecular weight excluding hydrogens is 700 g/mol. The summed E-state index contributed by atoms with van der Waals surface area (Å²) in [5.41, 5.74) is 4.40. The number of carbonyl (C=O) groups excluding carboxylic acids is 1. The van der Waals surface area contributed by atoms with Gasteiger partial charge in [0.15, 0.2) is 5.65 Å². The molecule has 1 N–H and O–H groups in total. The quantitative estimate of drug-likeness (QED) is 0.255. The van der Waals surface area contributed by atoms with E-state index in [4.69, 9.17) is 21.1 Å². The molecule has 0 radical (unpaired) electrons. The molecule has 13 heteroatoms. The highest BCUT2D eigenvalue weighted by atomic mass is 35.5. The lowest BCUT2D eigenvalue weighted by molar-refractivity contribution is 0.0124. The number of methoxy groups -OCH3 is 1. The van der Waals surface area contributed by atoms with Crippen molar-refractivity contribution < 1.29 is 23.6 Å². The third-order valence-corrected chi connectivity index (χ3v) is 14.1. The SMILES string of the molecule is CO[C@H]1/C=C/[C@H](O)[C@H](C)C[S@@](=O)(Cc2ncnc3nn(C)cc23)=NC(=O)c2ccc3c(c2)N(C[C@@H]2CC[C@H]21)C[C@@]1(CCCc2cc(Cl)ccc21)CO3. The first kappa shape index (κ1) is 35.2. The number of benzene rings is 2. The topological polar surface area (TPSA) is 132 Å². The third kappa shape index (κ3) is 6.63. The first-order valence-electron chi connectivity index (χ1n) is 18.1. The lowest BCUT2D eigenvalue weighted by atomic mass is 9.68. The van der Waals surface area contributed by atoms with Crippen LogP contribution in [-0.2, 0) is 39.1 Å². The summed E-state index contributed by atoms with van der Waals surface area (Å²) in [6.45, 7) is 3.79. The number of carbonyl (C=O) groups is 1. The number of anilines is 1. The summed E-state index contributed by atoms with van der Waals surface area (Å²) in [5, 5.41) is 17.1. The maximum Gasteiger partial charge on any atom is 0.285 e. The number of fused-ring (bicyclic) bond motifs is 5. The second kappa shape index (κ2) is 13.9. The zero-order chi connectivity index (χ0) is 36.2. The number of ether oxygens (including phenoxy) is 2. The fourth-order valence-corrected chi connectivity index (χ4v) is 11.3. The number of aromatic nitrogens is 4. The maximum atomic E-state index is 14.9. The Morgan fingerprint density at radius 2 is 2.02 bits per heavy atom. The van der Waals surface area contributed by atoms with Crippen LogP contribution >= 0.6 is 11.6 Å². The van der Waals surface area contributed by atoms with Gasteiger partial charge >= 0.3 is 0 Å². The number of amides is 1. The molecule has 4 aliphatic rings. The molecule has 0 saturated heterocycles. The van der Waals surface area contributed by atoms with E-state index in [1.807, 2.05) is 31.2 Å². The van der Waals surface area contributed by atoms with Crippen LogP contribution in [-0.4, -0.2) is 79.7 Å². The smallest absolute Gasteiger partial charge is 0.285 e. The van der Waals surface area contributed by atoms with Crippen molar-refractivity contribution in [2.24, 2.45) is 29.2 Å². The summed E-state index contributed by atoms with van der Waals surface area (Å²) in [4.78, 5) is 25.3. The summed E-state index contributed by atoms with van der Waals surface area (Å²) < 4.78 is 33.8. The average molecular weight is 745 g/mol. The monoisotopic (exact) mass is 744 g/mol. The van der Waals surface area contributed by atoms with E-state index in [0.29, 0.717) is 47.1 Å². The minimum Gasteiger partial charge on any atom is -0.490 e. The molecule has 0 unspecified atom stereocenters. The van der Waals surface area contributed by atoms with E-state index in [-0.39, 0.29) is 28.9 Å². The fraction of sp³-hybridized carbons (Fsp3) is 0.487. The molecule has 274 valence electrons. The first-order chi connectivity index (χ1) is 25.0. The van der Waals surface area contributed by atoms with Gasteiger partial charge in [-0.05, 0) is 91.3 Å². The highest BCUT2D eigenvalue weighted by molar-refractivity contribution is 7.93. The number of aryl methyl sites for hydroxylation is 2. The molecule has 7 atom stereocenters.